The first-order valence-corrected chi connectivity index (χ1v) is 8.54. The lowest BCUT2D eigenvalue weighted by atomic mass is 10.1. The molecule has 0 atom stereocenters. The summed E-state index contributed by atoms with van der Waals surface area (Å²) in [7, 11) is 0. The molecule has 4 nitrogen and oxygen atoms in total. The van der Waals surface area contributed by atoms with Gasteiger partial charge in [0.1, 0.15) is 0 Å². The summed E-state index contributed by atoms with van der Waals surface area (Å²) in [6, 6.07) is 9.66. The van der Waals surface area contributed by atoms with Crippen molar-refractivity contribution in [1.82, 2.24) is 10.2 Å². The van der Waals surface area contributed by atoms with Crippen LogP contribution >= 0.6 is 11.3 Å². The van der Waals surface area contributed by atoms with E-state index in [-0.39, 0.29) is 18.4 Å². The predicted octanol–water partition coefficient (Wildman–Crippen LogP) is 3.14. The lowest BCUT2D eigenvalue weighted by Gasteiger charge is -2.20. The summed E-state index contributed by atoms with van der Waals surface area (Å²) >= 11 is 1.63. The first-order valence-electron chi connectivity index (χ1n) is 7.66. The monoisotopic (exact) mass is 330 g/mol. The Kier molecular flexibility index (Phi) is 5.93. The topological polar surface area (TPSA) is 49.4 Å². The minimum atomic E-state index is -0.211. The van der Waals surface area contributed by atoms with Crippen molar-refractivity contribution in [2.75, 3.05) is 13.1 Å². The first kappa shape index (κ1) is 17.2. The number of benzene rings is 1. The average molecular weight is 330 g/mol. The van der Waals surface area contributed by atoms with E-state index in [9.17, 15) is 9.59 Å². The third-order valence-electron chi connectivity index (χ3n) is 3.55. The summed E-state index contributed by atoms with van der Waals surface area (Å²) < 4.78 is 0. The Hall–Kier alpha value is -2.14. The first-order chi connectivity index (χ1) is 11.0. The van der Waals surface area contributed by atoms with Crippen LogP contribution in [-0.4, -0.2) is 29.8 Å². The Morgan fingerprint density at radius 3 is 2.43 bits per heavy atom. The molecular formula is C18H22N2O2S. The second-order valence-corrected chi connectivity index (χ2v) is 6.58. The van der Waals surface area contributed by atoms with E-state index < -0.39 is 0 Å². The molecule has 0 spiro atoms. The molecule has 0 bridgehead atoms. The maximum absolute atomic E-state index is 12.3. The second-order valence-electron chi connectivity index (χ2n) is 5.55. The number of rotatable bonds is 6. The molecule has 1 aromatic carbocycles. The van der Waals surface area contributed by atoms with Crippen molar-refractivity contribution < 1.29 is 9.59 Å². The molecule has 0 radical (unpaired) electrons. The SMILES string of the molecule is CCN(Cc1cccs1)C(=O)CNC(=O)c1cc(C)cc(C)c1. The number of amides is 2. The van der Waals surface area contributed by atoms with Crippen LogP contribution in [0.2, 0.25) is 0 Å². The van der Waals surface area contributed by atoms with Gasteiger partial charge in [0, 0.05) is 17.0 Å². The summed E-state index contributed by atoms with van der Waals surface area (Å²) in [4.78, 5) is 27.4. The van der Waals surface area contributed by atoms with Crippen LogP contribution < -0.4 is 5.32 Å². The zero-order chi connectivity index (χ0) is 16.8. The lowest BCUT2D eigenvalue weighted by molar-refractivity contribution is -0.130. The highest BCUT2D eigenvalue weighted by atomic mass is 32.1. The lowest BCUT2D eigenvalue weighted by Crippen LogP contribution is -2.39. The van der Waals surface area contributed by atoms with Gasteiger partial charge in [-0.15, -0.1) is 11.3 Å². The van der Waals surface area contributed by atoms with Crippen molar-refractivity contribution in [3.05, 3.63) is 57.3 Å². The average Bonchev–Trinajstić information content (AvgIpc) is 3.02. The van der Waals surface area contributed by atoms with Crippen LogP contribution in [0, 0.1) is 13.8 Å². The van der Waals surface area contributed by atoms with Gasteiger partial charge < -0.3 is 10.2 Å². The summed E-state index contributed by atoms with van der Waals surface area (Å²) in [6.07, 6.45) is 0. The van der Waals surface area contributed by atoms with Crippen molar-refractivity contribution in [2.24, 2.45) is 0 Å². The van der Waals surface area contributed by atoms with Crippen molar-refractivity contribution in [3.63, 3.8) is 0 Å². The van der Waals surface area contributed by atoms with Crippen LogP contribution in [0.1, 0.15) is 33.3 Å². The zero-order valence-electron chi connectivity index (χ0n) is 13.8. The second kappa shape index (κ2) is 7.92. The maximum atomic E-state index is 12.3. The summed E-state index contributed by atoms with van der Waals surface area (Å²) in [5.74, 6) is -0.282. The molecule has 5 heteroatoms. The number of likely N-dealkylation sites (N-methyl/N-ethyl adjacent to an activating group) is 1. The molecular weight excluding hydrogens is 308 g/mol. The number of thiophene rings is 1. The number of hydrogen-bond acceptors (Lipinski definition) is 3. The van der Waals surface area contributed by atoms with Gasteiger partial charge in [0.25, 0.3) is 5.91 Å². The van der Waals surface area contributed by atoms with Crippen molar-refractivity contribution in [2.45, 2.75) is 27.3 Å². The fraction of sp³-hybridized carbons (Fsp3) is 0.333. The van der Waals surface area contributed by atoms with Crippen molar-refractivity contribution in [1.29, 1.82) is 0 Å². The van der Waals surface area contributed by atoms with E-state index in [1.54, 1.807) is 16.2 Å². The van der Waals surface area contributed by atoms with Gasteiger partial charge in [-0.25, -0.2) is 0 Å². The number of carbonyl (C=O) groups is 2. The van der Waals surface area contributed by atoms with Gasteiger partial charge in [-0.05, 0) is 44.4 Å². The minimum Gasteiger partial charge on any atom is -0.343 e. The van der Waals surface area contributed by atoms with Crippen LogP contribution in [0.4, 0.5) is 0 Å². The van der Waals surface area contributed by atoms with Crippen LogP contribution in [0.25, 0.3) is 0 Å². The molecule has 0 saturated carbocycles. The summed E-state index contributed by atoms with van der Waals surface area (Å²) in [5, 5.41) is 4.72. The Balaban J connectivity index is 1.93. The minimum absolute atomic E-state index is 0.0189. The van der Waals surface area contributed by atoms with E-state index in [4.69, 9.17) is 0 Å². The van der Waals surface area contributed by atoms with Gasteiger partial charge in [-0.2, -0.15) is 0 Å². The van der Waals surface area contributed by atoms with Gasteiger partial charge >= 0.3 is 0 Å². The molecule has 23 heavy (non-hydrogen) atoms. The number of nitrogens with zero attached hydrogens (tertiary/aromatic N) is 1. The molecule has 2 amide bonds. The highest BCUT2D eigenvalue weighted by Gasteiger charge is 2.14. The number of hydrogen-bond donors (Lipinski definition) is 1. The van der Waals surface area contributed by atoms with E-state index in [2.05, 4.69) is 5.32 Å². The number of carbonyl (C=O) groups excluding carboxylic acids is 2. The fourth-order valence-corrected chi connectivity index (χ4v) is 3.16. The molecule has 0 aliphatic rings. The highest BCUT2D eigenvalue weighted by molar-refractivity contribution is 7.09. The van der Waals surface area contributed by atoms with Gasteiger partial charge in [0.05, 0.1) is 13.1 Å². The van der Waals surface area contributed by atoms with E-state index in [0.717, 1.165) is 16.0 Å². The number of nitrogens with one attached hydrogen (secondary N) is 1. The van der Waals surface area contributed by atoms with E-state index in [0.29, 0.717) is 18.7 Å². The molecule has 1 aromatic heterocycles. The molecule has 2 rings (SSSR count). The molecule has 0 aliphatic heterocycles. The van der Waals surface area contributed by atoms with Crippen molar-refractivity contribution >= 4 is 23.2 Å². The molecule has 0 aliphatic carbocycles. The van der Waals surface area contributed by atoms with Crippen molar-refractivity contribution in [3.8, 4) is 0 Å². The quantitative estimate of drug-likeness (QED) is 0.884. The normalized spacial score (nSPS) is 10.4. The van der Waals surface area contributed by atoms with E-state index >= 15 is 0 Å². The highest BCUT2D eigenvalue weighted by Crippen LogP contribution is 2.12. The summed E-state index contributed by atoms with van der Waals surface area (Å²) in [5.41, 5.74) is 2.67. The molecule has 122 valence electrons. The fourth-order valence-electron chi connectivity index (χ4n) is 2.44. The summed E-state index contributed by atoms with van der Waals surface area (Å²) in [6.45, 7) is 7.08. The van der Waals surface area contributed by atoms with Crippen LogP contribution in [0.5, 0.6) is 0 Å². The predicted molar refractivity (Wildman–Crippen MR) is 93.7 cm³/mol. The Bertz CT molecular complexity index is 660. The van der Waals surface area contributed by atoms with Gasteiger partial charge in [-0.1, -0.05) is 23.3 Å². The molecule has 0 fully saturated rings. The maximum Gasteiger partial charge on any atom is 0.251 e. The Morgan fingerprint density at radius 2 is 1.87 bits per heavy atom. The van der Waals surface area contributed by atoms with Gasteiger partial charge in [-0.3, -0.25) is 9.59 Å². The van der Waals surface area contributed by atoms with Gasteiger partial charge in [0.15, 0.2) is 0 Å². The molecule has 0 saturated heterocycles. The van der Waals surface area contributed by atoms with Gasteiger partial charge in [0.2, 0.25) is 5.91 Å². The zero-order valence-corrected chi connectivity index (χ0v) is 14.6. The van der Waals surface area contributed by atoms with E-state index in [1.807, 2.05) is 56.5 Å². The smallest absolute Gasteiger partial charge is 0.251 e. The molecule has 1 N–H and O–H groups in total. The van der Waals surface area contributed by atoms with E-state index in [1.165, 1.54) is 0 Å². The van der Waals surface area contributed by atoms with Crippen LogP contribution in [0.3, 0.4) is 0 Å². The largest absolute Gasteiger partial charge is 0.343 e. The third kappa shape index (κ3) is 4.93. The third-order valence-corrected chi connectivity index (χ3v) is 4.41. The Labute approximate surface area is 141 Å². The van der Waals surface area contributed by atoms with Crippen LogP contribution in [0.15, 0.2) is 35.7 Å². The molecule has 1 heterocycles. The molecule has 0 unspecified atom stereocenters. The standard InChI is InChI=1S/C18H22N2O2S/c1-4-20(12-16-6-5-7-23-16)17(21)11-19-18(22)15-9-13(2)8-14(3)10-15/h5-10H,4,11-12H2,1-3H3,(H,19,22). The molecule has 2 aromatic rings. The van der Waals surface area contributed by atoms with Crippen LogP contribution in [-0.2, 0) is 11.3 Å². The Morgan fingerprint density at radius 1 is 1.17 bits per heavy atom. The number of aryl methyl sites for hydroxylation is 2.